The largest absolute Gasteiger partial charge is 0.389 e. The summed E-state index contributed by atoms with van der Waals surface area (Å²) in [6.07, 6.45) is 4.89. The highest BCUT2D eigenvalue weighted by molar-refractivity contribution is 7.18. The minimum atomic E-state index is -1.04. The molecule has 0 aliphatic carbocycles. The lowest BCUT2D eigenvalue weighted by atomic mass is 9.97. The fraction of sp³-hybridized carbons (Fsp3) is 0.367. The Hall–Kier alpha value is -3.65. The molecule has 40 heavy (non-hydrogen) atoms. The lowest BCUT2D eigenvalue weighted by molar-refractivity contribution is 0.0576. The topological polar surface area (TPSA) is 88.7 Å². The Bertz CT molecular complexity index is 1670. The molecular weight excluding hydrogens is 532 g/mol. The van der Waals surface area contributed by atoms with E-state index in [-0.39, 0.29) is 41.8 Å². The maximum Gasteiger partial charge on any atom is 0.264 e. The second kappa shape index (κ2) is 9.77. The van der Waals surface area contributed by atoms with E-state index in [0.29, 0.717) is 31.8 Å². The van der Waals surface area contributed by atoms with E-state index in [1.165, 1.54) is 29.5 Å². The van der Waals surface area contributed by atoms with Crippen molar-refractivity contribution in [1.29, 1.82) is 0 Å². The number of piperidine rings is 1. The molecule has 2 unspecified atom stereocenters. The van der Waals surface area contributed by atoms with Crippen LogP contribution in [0, 0.1) is 18.2 Å². The minimum Gasteiger partial charge on any atom is -0.389 e. The van der Waals surface area contributed by atoms with Gasteiger partial charge < -0.3 is 15.7 Å². The molecule has 0 spiro atoms. The molecule has 2 aromatic carbocycles. The van der Waals surface area contributed by atoms with Crippen molar-refractivity contribution >= 4 is 33.8 Å². The molecule has 2 aliphatic heterocycles. The number of hydrogen-bond acceptors (Lipinski definition) is 5. The number of nitrogens with two attached hydrogens (primary N) is 1. The summed E-state index contributed by atoms with van der Waals surface area (Å²) >= 11 is 1.18. The molecule has 4 aromatic rings. The van der Waals surface area contributed by atoms with Crippen LogP contribution in [-0.2, 0) is 6.54 Å². The van der Waals surface area contributed by atoms with Crippen LogP contribution in [0.15, 0.2) is 42.6 Å². The van der Waals surface area contributed by atoms with Gasteiger partial charge in [-0.05, 0) is 69.4 Å². The number of benzene rings is 2. The van der Waals surface area contributed by atoms with E-state index < -0.39 is 17.2 Å². The van der Waals surface area contributed by atoms with Crippen LogP contribution in [-0.4, -0.2) is 49.4 Å². The molecule has 6 rings (SSSR count). The van der Waals surface area contributed by atoms with Gasteiger partial charge in [-0.2, -0.15) is 5.10 Å². The summed E-state index contributed by atoms with van der Waals surface area (Å²) in [6, 6.07) is 9.27. The molecule has 2 fully saturated rings. The molecule has 0 radical (unpaired) electrons. The average Bonchev–Trinajstić information content (AvgIpc) is 3.56. The Morgan fingerprint density at radius 3 is 2.52 bits per heavy atom. The monoisotopic (exact) mass is 561 g/mol. The van der Waals surface area contributed by atoms with Crippen molar-refractivity contribution in [1.82, 2.24) is 14.7 Å². The molecule has 1 amide bonds. The number of hydrogen-bond donors (Lipinski definition) is 2. The van der Waals surface area contributed by atoms with Crippen molar-refractivity contribution in [2.45, 2.75) is 69.8 Å². The first-order valence-electron chi connectivity index (χ1n) is 13.3. The van der Waals surface area contributed by atoms with Crippen LogP contribution >= 0.6 is 11.3 Å². The highest BCUT2D eigenvalue weighted by Gasteiger charge is 2.43. The molecule has 4 heterocycles. The molecule has 0 saturated carbocycles. The van der Waals surface area contributed by atoms with Gasteiger partial charge in [0.05, 0.1) is 35.3 Å². The standard InChI is InChI=1S/C30H29F2N5O2S/c1-30(2,39)15-36-26-12-22(23(31)9-17(26)14-35-36)28-21(16-4-7-25(34-3)24(32)8-16)13-27(40-28)29(38)37-19-5-6-20(37)11-18(33)10-19/h4,7-9,12-14,18-20,39H,5-6,10-11,15,33H2,1-2H3. The Labute approximate surface area is 234 Å². The highest BCUT2D eigenvalue weighted by Crippen LogP contribution is 2.44. The van der Waals surface area contributed by atoms with Crippen LogP contribution < -0.4 is 5.73 Å². The quantitative estimate of drug-likeness (QED) is 0.287. The SMILES string of the molecule is [C-]#[N+]c1ccc(-c2cc(C(=O)N3C4CCC3CC(N)C4)sc2-c2cc3c(cnn3CC(C)(C)O)cc2F)cc1F. The van der Waals surface area contributed by atoms with E-state index in [2.05, 4.69) is 9.94 Å². The second-order valence-electron chi connectivity index (χ2n) is 11.5. The maximum absolute atomic E-state index is 15.7. The zero-order valence-electron chi connectivity index (χ0n) is 22.2. The van der Waals surface area contributed by atoms with Gasteiger partial charge in [0.25, 0.3) is 5.91 Å². The highest BCUT2D eigenvalue weighted by atomic mass is 32.1. The number of nitrogens with zero attached hydrogens (tertiary/aromatic N) is 4. The van der Waals surface area contributed by atoms with E-state index in [1.54, 1.807) is 42.9 Å². The number of aliphatic hydroxyl groups is 1. The van der Waals surface area contributed by atoms with Crippen molar-refractivity contribution < 1.29 is 18.7 Å². The van der Waals surface area contributed by atoms with E-state index >= 15 is 4.39 Å². The van der Waals surface area contributed by atoms with Crippen molar-refractivity contribution in [3.8, 4) is 21.6 Å². The maximum atomic E-state index is 15.7. The molecule has 2 aliphatic rings. The number of aromatic nitrogens is 2. The number of amides is 1. The van der Waals surface area contributed by atoms with Crippen LogP contribution in [0.4, 0.5) is 14.5 Å². The van der Waals surface area contributed by atoms with Crippen LogP contribution in [0.25, 0.3) is 37.3 Å². The Kier molecular flexibility index (Phi) is 6.49. The van der Waals surface area contributed by atoms with E-state index in [1.807, 2.05) is 4.90 Å². The van der Waals surface area contributed by atoms with Gasteiger partial charge in [0.15, 0.2) is 0 Å². The lowest BCUT2D eigenvalue weighted by Crippen LogP contribution is -2.49. The summed E-state index contributed by atoms with van der Waals surface area (Å²) in [7, 11) is 0. The number of carbonyl (C=O) groups is 1. The average molecular weight is 562 g/mol. The minimum absolute atomic E-state index is 0.0783. The summed E-state index contributed by atoms with van der Waals surface area (Å²) in [5, 5.41) is 15.3. The molecule has 2 bridgehead atoms. The van der Waals surface area contributed by atoms with Crippen molar-refractivity contribution in [2.24, 2.45) is 5.73 Å². The normalized spacial score (nSPS) is 20.7. The first kappa shape index (κ1) is 26.6. The fourth-order valence-corrected chi connectivity index (χ4v) is 7.26. The third-order valence-electron chi connectivity index (χ3n) is 7.84. The predicted octanol–water partition coefficient (Wildman–Crippen LogP) is 6.13. The molecule has 2 atom stereocenters. The Morgan fingerprint density at radius 1 is 1.15 bits per heavy atom. The van der Waals surface area contributed by atoms with Crippen LogP contribution in [0.5, 0.6) is 0 Å². The summed E-state index contributed by atoms with van der Waals surface area (Å²) in [5.41, 5.74) is 6.91. The molecular formula is C30H29F2N5O2S. The van der Waals surface area contributed by atoms with E-state index in [0.717, 1.165) is 25.7 Å². The van der Waals surface area contributed by atoms with Gasteiger partial charge in [-0.15, -0.1) is 11.3 Å². The number of halogens is 2. The lowest BCUT2D eigenvalue weighted by Gasteiger charge is -2.37. The number of carbonyl (C=O) groups excluding carboxylic acids is 1. The summed E-state index contributed by atoms with van der Waals surface area (Å²) in [6.45, 7) is 10.7. The van der Waals surface area contributed by atoms with Crippen molar-refractivity contribution in [3.05, 3.63) is 70.5 Å². The Morgan fingerprint density at radius 2 is 1.88 bits per heavy atom. The van der Waals surface area contributed by atoms with Gasteiger partial charge >= 0.3 is 0 Å². The van der Waals surface area contributed by atoms with Gasteiger partial charge in [0.1, 0.15) is 11.6 Å². The second-order valence-corrected chi connectivity index (χ2v) is 12.5. The first-order valence-corrected chi connectivity index (χ1v) is 14.1. The summed E-state index contributed by atoms with van der Waals surface area (Å²) in [4.78, 5) is 19.9. The third kappa shape index (κ3) is 4.68. The smallest absolute Gasteiger partial charge is 0.264 e. The summed E-state index contributed by atoms with van der Waals surface area (Å²) < 4.78 is 32.0. The summed E-state index contributed by atoms with van der Waals surface area (Å²) in [5.74, 6) is -1.30. The van der Waals surface area contributed by atoms with Crippen LogP contribution in [0.2, 0.25) is 0 Å². The van der Waals surface area contributed by atoms with Crippen molar-refractivity contribution in [3.63, 3.8) is 0 Å². The zero-order valence-corrected chi connectivity index (χ0v) is 23.0. The number of thiophene rings is 1. The number of rotatable bonds is 5. The van der Waals surface area contributed by atoms with Gasteiger partial charge in [-0.25, -0.2) is 13.6 Å². The fourth-order valence-electron chi connectivity index (χ4n) is 6.12. The molecule has 10 heteroatoms. The number of fused-ring (bicyclic) bond motifs is 3. The van der Waals surface area contributed by atoms with E-state index in [9.17, 15) is 14.3 Å². The van der Waals surface area contributed by atoms with Gasteiger partial charge in [0.2, 0.25) is 5.69 Å². The molecule has 206 valence electrons. The van der Waals surface area contributed by atoms with Crippen LogP contribution in [0.3, 0.4) is 0 Å². The molecule has 2 aromatic heterocycles. The van der Waals surface area contributed by atoms with Gasteiger partial charge in [0, 0.05) is 39.5 Å². The zero-order chi connectivity index (χ0) is 28.3. The third-order valence-corrected chi connectivity index (χ3v) is 8.99. The molecule has 7 nitrogen and oxygen atoms in total. The Balaban J connectivity index is 1.50. The molecule has 2 saturated heterocycles. The van der Waals surface area contributed by atoms with Gasteiger partial charge in [-0.1, -0.05) is 12.1 Å². The van der Waals surface area contributed by atoms with E-state index in [4.69, 9.17) is 12.3 Å². The first-order chi connectivity index (χ1) is 19.0. The predicted molar refractivity (Wildman–Crippen MR) is 151 cm³/mol. The molecule has 3 N–H and O–H groups in total. The van der Waals surface area contributed by atoms with Crippen molar-refractivity contribution in [2.75, 3.05) is 0 Å². The van der Waals surface area contributed by atoms with Gasteiger partial charge in [-0.3, -0.25) is 9.48 Å². The van der Waals surface area contributed by atoms with Crippen LogP contribution in [0.1, 0.15) is 49.2 Å².